The van der Waals surface area contributed by atoms with Gasteiger partial charge in [-0.05, 0) is 25.1 Å². The largest absolute Gasteiger partial charge is 0.496 e. The summed E-state index contributed by atoms with van der Waals surface area (Å²) in [5.74, 6) is 1.99. The van der Waals surface area contributed by atoms with Gasteiger partial charge in [0.05, 0.1) is 12.7 Å². The standard InChI is InChI=1S/C16H23N3O2/c1-4-8-12(17-5-2)11-15-18-16(19-21-15)13-9-6-7-10-14(13)20-3/h6-7,9-10,12,17H,4-5,8,11H2,1-3H3. The van der Waals surface area contributed by atoms with Crippen molar-refractivity contribution in [3.63, 3.8) is 0 Å². The second-order valence-corrected chi connectivity index (χ2v) is 4.96. The Labute approximate surface area is 125 Å². The highest BCUT2D eigenvalue weighted by Crippen LogP contribution is 2.27. The van der Waals surface area contributed by atoms with E-state index < -0.39 is 0 Å². The van der Waals surface area contributed by atoms with E-state index in [1.165, 1.54) is 0 Å². The number of hydrogen-bond donors (Lipinski definition) is 1. The van der Waals surface area contributed by atoms with Crippen LogP contribution in [0.2, 0.25) is 0 Å². The second kappa shape index (κ2) is 7.78. The molecule has 0 saturated carbocycles. The van der Waals surface area contributed by atoms with Crippen LogP contribution in [0.4, 0.5) is 0 Å². The Morgan fingerprint density at radius 2 is 2.10 bits per heavy atom. The average molecular weight is 289 g/mol. The van der Waals surface area contributed by atoms with Crippen molar-refractivity contribution in [3.8, 4) is 17.1 Å². The molecule has 1 heterocycles. The molecule has 0 aliphatic rings. The van der Waals surface area contributed by atoms with E-state index in [0.29, 0.717) is 17.8 Å². The van der Waals surface area contributed by atoms with Crippen molar-refractivity contribution >= 4 is 0 Å². The van der Waals surface area contributed by atoms with E-state index in [0.717, 1.165) is 37.1 Å². The van der Waals surface area contributed by atoms with Gasteiger partial charge in [-0.1, -0.05) is 37.6 Å². The lowest BCUT2D eigenvalue weighted by atomic mass is 10.1. The maximum Gasteiger partial charge on any atom is 0.228 e. The lowest BCUT2D eigenvalue weighted by Gasteiger charge is -2.14. The van der Waals surface area contributed by atoms with Crippen LogP contribution in [0.25, 0.3) is 11.4 Å². The molecule has 1 unspecified atom stereocenters. The maximum atomic E-state index is 5.39. The van der Waals surface area contributed by atoms with Gasteiger partial charge in [-0.2, -0.15) is 4.98 Å². The number of nitrogens with one attached hydrogen (secondary N) is 1. The molecule has 0 radical (unpaired) electrons. The minimum atomic E-state index is 0.381. The lowest BCUT2D eigenvalue weighted by Crippen LogP contribution is -2.30. The van der Waals surface area contributed by atoms with Gasteiger partial charge >= 0.3 is 0 Å². The van der Waals surface area contributed by atoms with E-state index in [1.54, 1.807) is 7.11 Å². The zero-order chi connectivity index (χ0) is 15.1. The number of methoxy groups -OCH3 is 1. The Morgan fingerprint density at radius 3 is 2.81 bits per heavy atom. The van der Waals surface area contributed by atoms with Gasteiger partial charge in [-0.25, -0.2) is 0 Å². The quantitative estimate of drug-likeness (QED) is 0.809. The first-order chi connectivity index (χ1) is 10.3. The molecule has 5 heteroatoms. The molecule has 0 saturated heterocycles. The topological polar surface area (TPSA) is 60.2 Å². The van der Waals surface area contributed by atoms with Crippen molar-refractivity contribution in [1.29, 1.82) is 0 Å². The Bertz CT molecular complexity index is 548. The number of nitrogens with zero attached hydrogens (tertiary/aromatic N) is 2. The summed E-state index contributed by atoms with van der Waals surface area (Å²) in [7, 11) is 1.64. The molecule has 0 amide bonds. The second-order valence-electron chi connectivity index (χ2n) is 4.96. The minimum Gasteiger partial charge on any atom is -0.496 e. The number of likely N-dealkylation sites (N-methyl/N-ethyl adjacent to an activating group) is 1. The third kappa shape index (κ3) is 4.04. The van der Waals surface area contributed by atoms with Crippen molar-refractivity contribution in [2.45, 2.75) is 39.2 Å². The highest BCUT2D eigenvalue weighted by atomic mass is 16.5. The minimum absolute atomic E-state index is 0.381. The molecule has 0 aliphatic carbocycles. The molecule has 114 valence electrons. The molecule has 2 rings (SSSR count). The van der Waals surface area contributed by atoms with Crippen LogP contribution in [0, 0.1) is 0 Å². The third-order valence-corrected chi connectivity index (χ3v) is 3.37. The zero-order valence-corrected chi connectivity index (χ0v) is 12.9. The van der Waals surface area contributed by atoms with Crippen LogP contribution in [0.1, 0.15) is 32.6 Å². The van der Waals surface area contributed by atoms with Crippen molar-refractivity contribution < 1.29 is 9.26 Å². The highest BCUT2D eigenvalue weighted by Gasteiger charge is 2.16. The molecule has 1 aromatic carbocycles. The SMILES string of the molecule is CCCC(Cc1nc(-c2ccccc2OC)no1)NCC. The maximum absolute atomic E-state index is 5.39. The Balaban J connectivity index is 2.13. The first-order valence-electron chi connectivity index (χ1n) is 7.47. The molecular weight excluding hydrogens is 266 g/mol. The van der Waals surface area contributed by atoms with E-state index in [-0.39, 0.29) is 0 Å². The van der Waals surface area contributed by atoms with Gasteiger partial charge in [-0.15, -0.1) is 0 Å². The average Bonchev–Trinajstić information content (AvgIpc) is 2.96. The van der Waals surface area contributed by atoms with E-state index in [9.17, 15) is 0 Å². The van der Waals surface area contributed by atoms with Crippen LogP contribution in [-0.2, 0) is 6.42 Å². The van der Waals surface area contributed by atoms with Gasteiger partial charge in [-0.3, -0.25) is 0 Å². The number of aromatic nitrogens is 2. The van der Waals surface area contributed by atoms with Crippen molar-refractivity contribution in [3.05, 3.63) is 30.2 Å². The molecule has 1 N–H and O–H groups in total. The van der Waals surface area contributed by atoms with Crippen LogP contribution in [0.5, 0.6) is 5.75 Å². The zero-order valence-electron chi connectivity index (χ0n) is 12.9. The van der Waals surface area contributed by atoms with Crippen molar-refractivity contribution in [2.24, 2.45) is 0 Å². The Hall–Kier alpha value is -1.88. The van der Waals surface area contributed by atoms with Crippen LogP contribution in [0.3, 0.4) is 0 Å². The fourth-order valence-electron chi connectivity index (χ4n) is 2.40. The number of hydrogen-bond acceptors (Lipinski definition) is 5. The van der Waals surface area contributed by atoms with Crippen LogP contribution in [-0.4, -0.2) is 29.8 Å². The molecule has 2 aromatic rings. The van der Waals surface area contributed by atoms with Crippen LogP contribution < -0.4 is 10.1 Å². The van der Waals surface area contributed by atoms with Gasteiger partial charge in [0.15, 0.2) is 0 Å². The lowest BCUT2D eigenvalue weighted by molar-refractivity contribution is 0.352. The summed E-state index contributed by atoms with van der Waals surface area (Å²) < 4.78 is 10.7. The Kier molecular flexibility index (Phi) is 5.75. The fraction of sp³-hybridized carbons (Fsp3) is 0.500. The number of ether oxygens (including phenoxy) is 1. The molecule has 0 bridgehead atoms. The monoisotopic (exact) mass is 289 g/mol. The van der Waals surface area contributed by atoms with Gasteiger partial charge in [0.2, 0.25) is 11.7 Å². The number of benzene rings is 1. The van der Waals surface area contributed by atoms with Crippen molar-refractivity contribution in [1.82, 2.24) is 15.5 Å². The summed E-state index contributed by atoms with van der Waals surface area (Å²) in [5.41, 5.74) is 0.852. The fourth-order valence-corrected chi connectivity index (χ4v) is 2.40. The molecule has 1 atom stereocenters. The van der Waals surface area contributed by atoms with E-state index in [1.807, 2.05) is 24.3 Å². The van der Waals surface area contributed by atoms with E-state index >= 15 is 0 Å². The van der Waals surface area contributed by atoms with Crippen LogP contribution in [0.15, 0.2) is 28.8 Å². The van der Waals surface area contributed by atoms with E-state index in [4.69, 9.17) is 9.26 Å². The van der Waals surface area contributed by atoms with Crippen molar-refractivity contribution in [2.75, 3.05) is 13.7 Å². The molecule has 5 nitrogen and oxygen atoms in total. The molecule has 0 aliphatic heterocycles. The highest BCUT2D eigenvalue weighted by molar-refractivity contribution is 5.63. The summed E-state index contributed by atoms with van der Waals surface area (Å²) in [5, 5.41) is 7.53. The van der Waals surface area contributed by atoms with Gasteiger partial charge in [0.1, 0.15) is 5.75 Å². The predicted molar refractivity (Wildman–Crippen MR) is 82.4 cm³/mol. The molecular formula is C16H23N3O2. The predicted octanol–water partition coefficient (Wildman–Crippen LogP) is 3.07. The third-order valence-electron chi connectivity index (χ3n) is 3.37. The number of para-hydroxylation sites is 1. The summed E-state index contributed by atoms with van der Waals surface area (Å²) in [6.45, 7) is 5.23. The van der Waals surface area contributed by atoms with Gasteiger partial charge < -0.3 is 14.6 Å². The normalized spacial score (nSPS) is 12.3. The summed E-state index contributed by atoms with van der Waals surface area (Å²) >= 11 is 0. The van der Waals surface area contributed by atoms with Gasteiger partial charge in [0, 0.05) is 12.5 Å². The number of rotatable bonds is 8. The van der Waals surface area contributed by atoms with Gasteiger partial charge in [0.25, 0.3) is 0 Å². The summed E-state index contributed by atoms with van der Waals surface area (Å²) in [6, 6.07) is 8.06. The molecule has 21 heavy (non-hydrogen) atoms. The molecule has 1 aromatic heterocycles. The van der Waals surface area contributed by atoms with Crippen LogP contribution >= 0.6 is 0 Å². The summed E-state index contributed by atoms with van der Waals surface area (Å²) in [4.78, 5) is 4.50. The van der Waals surface area contributed by atoms with E-state index in [2.05, 4.69) is 29.3 Å². The molecule has 0 spiro atoms. The Morgan fingerprint density at radius 1 is 1.29 bits per heavy atom. The molecule has 0 fully saturated rings. The smallest absolute Gasteiger partial charge is 0.228 e. The summed E-state index contributed by atoms with van der Waals surface area (Å²) in [6.07, 6.45) is 2.98. The first-order valence-corrected chi connectivity index (χ1v) is 7.47. The first kappa shape index (κ1) is 15.5.